The zero-order valence-corrected chi connectivity index (χ0v) is 8.64. The number of hydrogen-bond acceptors (Lipinski definition) is 1. The van der Waals surface area contributed by atoms with E-state index in [0.29, 0.717) is 12.8 Å². The molecule has 1 N–H and O–H groups in total. The minimum Gasteiger partial charge on any atom is -0.481 e. The summed E-state index contributed by atoms with van der Waals surface area (Å²) in [6.45, 7) is 5.85. The lowest BCUT2D eigenvalue weighted by atomic mass is 10.0. The summed E-state index contributed by atoms with van der Waals surface area (Å²) in [5, 5.41) is 8.52. The molecule has 12 heavy (non-hydrogen) atoms. The highest BCUT2D eigenvalue weighted by molar-refractivity contribution is 6.25. The van der Waals surface area contributed by atoms with Crippen molar-refractivity contribution in [3.63, 3.8) is 0 Å². The summed E-state index contributed by atoms with van der Waals surface area (Å²) in [4.78, 5) is 10.4. The smallest absolute Gasteiger partial charge is 0.306 e. The second-order valence-electron chi connectivity index (χ2n) is 2.04. The quantitative estimate of drug-likeness (QED) is 0.743. The molecular weight excluding hydrogens is 176 g/mol. The van der Waals surface area contributed by atoms with Crippen molar-refractivity contribution >= 4 is 17.6 Å². The fraction of sp³-hybridized carbons (Fsp3) is 0.667. The van der Waals surface area contributed by atoms with E-state index in [0.717, 1.165) is 0 Å². The molecule has 2 nitrogen and oxygen atoms in total. The summed E-state index contributed by atoms with van der Waals surface area (Å²) in [7, 11) is 0. The molecule has 0 rings (SSSR count). The highest BCUT2D eigenvalue weighted by Gasteiger charge is 2.11. The Bertz CT molecular complexity index is 132. The molecule has 0 spiro atoms. The third-order valence-electron chi connectivity index (χ3n) is 1.35. The van der Waals surface area contributed by atoms with Crippen molar-refractivity contribution in [2.45, 2.75) is 33.6 Å². The molecule has 0 aromatic heterocycles. The number of carbonyl (C=O) groups is 1. The minimum absolute atomic E-state index is 0.282. The van der Waals surface area contributed by atoms with E-state index in [1.54, 1.807) is 6.08 Å². The van der Waals surface area contributed by atoms with E-state index < -0.39 is 5.97 Å². The van der Waals surface area contributed by atoms with Crippen molar-refractivity contribution in [1.82, 2.24) is 0 Å². The Morgan fingerprint density at radius 2 is 2.08 bits per heavy atom. The number of aliphatic carboxylic acids is 1. The molecule has 0 bridgehead atoms. The molecular formula is C9H17ClO2. The predicted octanol–water partition coefficient (Wildman–Crippen LogP) is 3.27. The van der Waals surface area contributed by atoms with Crippen molar-refractivity contribution in [2.24, 2.45) is 5.92 Å². The van der Waals surface area contributed by atoms with E-state index in [-0.39, 0.29) is 5.92 Å². The van der Waals surface area contributed by atoms with Gasteiger partial charge in [-0.3, -0.25) is 4.79 Å². The van der Waals surface area contributed by atoms with Gasteiger partial charge in [0.05, 0.1) is 5.92 Å². The van der Waals surface area contributed by atoms with Gasteiger partial charge in [0.1, 0.15) is 0 Å². The second kappa shape index (κ2) is 10.5. The number of rotatable bonds is 4. The summed E-state index contributed by atoms with van der Waals surface area (Å²) < 4.78 is 0. The fourth-order valence-electron chi connectivity index (χ4n) is 0.658. The third kappa shape index (κ3) is 7.61. The molecule has 0 aromatic rings. The minimum atomic E-state index is -0.753. The summed E-state index contributed by atoms with van der Waals surface area (Å²) in [5.41, 5.74) is 1.35. The van der Waals surface area contributed by atoms with Crippen molar-refractivity contribution in [2.75, 3.05) is 0 Å². The number of allylic oxidation sites excluding steroid dienone is 1. The van der Waals surface area contributed by atoms with Crippen LogP contribution in [0, 0.1) is 5.92 Å². The Morgan fingerprint density at radius 3 is 2.33 bits per heavy atom. The third-order valence-corrected chi connectivity index (χ3v) is 1.53. The summed E-state index contributed by atoms with van der Waals surface area (Å²) in [5.74, 6) is -1.03. The van der Waals surface area contributed by atoms with Crippen LogP contribution in [0.4, 0.5) is 0 Å². The van der Waals surface area contributed by atoms with E-state index in [1.165, 1.54) is 5.54 Å². The first kappa shape index (κ1) is 14.0. The molecule has 72 valence electrons. The van der Waals surface area contributed by atoms with Crippen LogP contribution in [-0.2, 0) is 4.79 Å². The first-order valence-corrected chi connectivity index (χ1v) is 4.64. The topological polar surface area (TPSA) is 37.3 Å². The Labute approximate surface area is 79.2 Å². The molecule has 0 aliphatic carbocycles. The van der Waals surface area contributed by atoms with Gasteiger partial charge in [-0.2, -0.15) is 0 Å². The highest BCUT2D eigenvalue weighted by Crippen LogP contribution is 2.08. The molecule has 0 aliphatic rings. The van der Waals surface area contributed by atoms with Crippen molar-refractivity contribution in [1.29, 1.82) is 0 Å². The maximum Gasteiger partial charge on any atom is 0.306 e. The molecule has 0 fully saturated rings. The van der Waals surface area contributed by atoms with E-state index >= 15 is 0 Å². The molecule has 0 heterocycles. The van der Waals surface area contributed by atoms with Crippen molar-refractivity contribution < 1.29 is 9.90 Å². The number of carboxylic acid groups (broad SMARTS) is 1. The molecule has 0 aromatic carbocycles. The average molecular weight is 193 g/mol. The molecule has 3 heteroatoms. The van der Waals surface area contributed by atoms with Crippen LogP contribution in [0.1, 0.15) is 33.6 Å². The average Bonchev–Trinajstić information content (AvgIpc) is 2.09. The molecule has 0 saturated carbocycles. The first-order chi connectivity index (χ1) is 5.72. The van der Waals surface area contributed by atoms with Gasteiger partial charge in [-0.1, -0.05) is 38.4 Å². The van der Waals surface area contributed by atoms with Gasteiger partial charge in [0.25, 0.3) is 0 Å². The lowest BCUT2D eigenvalue weighted by molar-refractivity contribution is -0.141. The lowest BCUT2D eigenvalue weighted by Crippen LogP contribution is -2.10. The fourth-order valence-corrected chi connectivity index (χ4v) is 0.761. The second-order valence-corrected chi connectivity index (χ2v) is 2.29. The Balaban J connectivity index is 0. The Morgan fingerprint density at radius 1 is 1.58 bits per heavy atom. The van der Waals surface area contributed by atoms with Crippen LogP contribution in [-0.4, -0.2) is 11.1 Å². The maximum absolute atomic E-state index is 10.4. The zero-order chi connectivity index (χ0) is 9.98. The first-order valence-electron chi connectivity index (χ1n) is 4.20. The van der Waals surface area contributed by atoms with E-state index in [9.17, 15) is 4.79 Å². The van der Waals surface area contributed by atoms with Gasteiger partial charge in [0.15, 0.2) is 0 Å². The van der Waals surface area contributed by atoms with Crippen LogP contribution >= 0.6 is 11.6 Å². The van der Waals surface area contributed by atoms with Crippen LogP contribution in [0.5, 0.6) is 0 Å². The van der Waals surface area contributed by atoms with Gasteiger partial charge in [-0.25, -0.2) is 0 Å². The summed E-state index contributed by atoms with van der Waals surface area (Å²) >= 11 is 5.23. The van der Waals surface area contributed by atoms with Crippen molar-refractivity contribution in [3.05, 3.63) is 11.6 Å². The SMILES string of the molecule is CC.CCC(C/C=C/Cl)C(=O)O. The van der Waals surface area contributed by atoms with Crippen LogP contribution in [0.3, 0.4) is 0 Å². The van der Waals surface area contributed by atoms with Gasteiger partial charge in [0.2, 0.25) is 0 Å². The summed E-state index contributed by atoms with van der Waals surface area (Å²) in [6, 6.07) is 0. The largest absolute Gasteiger partial charge is 0.481 e. The van der Waals surface area contributed by atoms with E-state index in [1.807, 2.05) is 20.8 Å². The molecule has 0 saturated heterocycles. The van der Waals surface area contributed by atoms with Gasteiger partial charge >= 0.3 is 5.97 Å². The summed E-state index contributed by atoms with van der Waals surface area (Å²) in [6.07, 6.45) is 2.83. The molecule has 1 atom stereocenters. The molecule has 1 unspecified atom stereocenters. The number of carboxylic acids is 1. The highest BCUT2D eigenvalue weighted by atomic mass is 35.5. The monoisotopic (exact) mass is 192 g/mol. The van der Waals surface area contributed by atoms with E-state index in [4.69, 9.17) is 16.7 Å². The normalized spacial score (nSPS) is 12.0. The number of halogens is 1. The van der Waals surface area contributed by atoms with Gasteiger partial charge in [-0.15, -0.1) is 0 Å². The van der Waals surface area contributed by atoms with E-state index in [2.05, 4.69) is 0 Å². The standard InChI is InChI=1S/C7H11ClO2.C2H6/c1-2-6(7(9)10)4-3-5-8;1-2/h3,5-6H,2,4H2,1H3,(H,9,10);1-2H3/b5-3+;. The Hall–Kier alpha value is -0.500. The van der Waals surface area contributed by atoms with Crippen molar-refractivity contribution in [3.8, 4) is 0 Å². The molecule has 0 radical (unpaired) electrons. The number of hydrogen-bond donors (Lipinski definition) is 1. The van der Waals surface area contributed by atoms with Gasteiger partial charge in [-0.05, 0) is 12.8 Å². The van der Waals surface area contributed by atoms with Gasteiger partial charge < -0.3 is 5.11 Å². The molecule has 0 amide bonds. The predicted molar refractivity (Wildman–Crippen MR) is 52.4 cm³/mol. The van der Waals surface area contributed by atoms with Gasteiger partial charge in [0, 0.05) is 5.54 Å². The van der Waals surface area contributed by atoms with Crippen LogP contribution in [0.15, 0.2) is 11.6 Å². The van der Waals surface area contributed by atoms with Crippen LogP contribution < -0.4 is 0 Å². The maximum atomic E-state index is 10.4. The van der Waals surface area contributed by atoms with Crippen LogP contribution in [0.2, 0.25) is 0 Å². The lowest BCUT2D eigenvalue weighted by Gasteiger charge is -2.03. The zero-order valence-electron chi connectivity index (χ0n) is 7.88. The van der Waals surface area contributed by atoms with Crippen LogP contribution in [0.25, 0.3) is 0 Å². The molecule has 0 aliphatic heterocycles. The Kier molecular flexibility index (Phi) is 12.3.